The first-order valence-electron chi connectivity index (χ1n) is 29.9. The summed E-state index contributed by atoms with van der Waals surface area (Å²) in [5.41, 5.74) is 0. The van der Waals surface area contributed by atoms with E-state index >= 15 is 0 Å². The van der Waals surface area contributed by atoms with Crippen LogP contribution in [-0.2, 0) is 28.6 Å². The molecule has 6 heteroatoms. The quantitative estimate of drug-likeness (QED) is 0.0261. The molecule has 0 fully saturated rings. The number of hydrogen-bond acceptors (Lipinski definition) is 6. The van der Waals surface area contributed by atoms with Gasteiger partial charge in [-0.1, -0.05) is 261 Å². The first-order valence-corrected chi connectivity index (χ1v) is 29.9. The largest absolute Gasteiger partial charge is 0.462 e. The molecule has 0 radical (unpaired) electrons. The number of carbonyl (C=O) groups is 3. The van der Waals surface area contributed by atoms with Crippen molar-refractivity contribution in [3.05, 3.63) is 72.9 Å². The summed E-state index contributed by atoms with van der Waals surface area (Å²) in [6.07, 6.45) is 74.7. The van der Waals surface area contributed by atoms with Crippen LogP contribution in [0, 0.1) is 0 Å². The molecule has 0 N–H and O–H groups in total. The minimum atomic E-state index is -0.782. The Morgan fingerprint density at radius 3 is 0.871 bits per heavy atom. The fourth-order valence-electron chi connectivity index (χ4n) is 8.47. The van der Waals surface area contributed by atoms with Gasteiger partial charge in [-0.05, 0) is 89.9 Å². The lowest BCUT2D eigenvalue weighted by molar-refractivity contribution is -0.167. The van der Waals surface area contributed by atoms with E-state index in [-0.39, 0.29) is 31.1 Å². The first kappa shape index (κ1) is 66.9. The first-order chi connectivity index (χ1) is 34.5. The second kappa shape index (κ2) is 58.4. The standard InChI is InChI=1S/C64H112O6/c1-4-7-10-13-16-19-22-24-26-28-30-31-32-33-35-36-38-40-42-45-48-51-54-57-63(66)69-60-61(59-68-62(65)56-53-50-47-44-21-18-15-12-9-6-3)70-64(67)58-55-52-49-46-43-41-39-37-34-29-27-25-23-20-17-14-11-8-5-2/h8,11,17,20,22,24-25,27-28,30,34,37,61H,4-7,9-10,12-16,18-19,21,23,26,29,31-33,35-36,38-60H2,1-3H3/b11-8-,20-17-,24-22-,27-25-,30-28-,37-34-. The van der Waals surface area contributed by atoms with E-state index in [1.807, 2.05) is 0 Å². The van der Waals surface area contributed by atoms with E-state index in [4.69, 9.17) is 14.2 Å². The molecule has 0 aromatic heterocycles. The van der Waals surface area contributed by atoms with Crippen LogP contribution >= 0.6 is 0 Å². The lowest BCUT2D eigenvalue weighted by Crippen LogP contribution is -2.30. The van der Waals surface area contributed by atoms with Crippen LogP contribution < -0.4 is 0 Å². The van der Waals surface area contributed by atoms with E-state index in [0.717, 1.165) is 103 Å². The van der Waals surface area contributed by atoms with Crippen LogP contribution in [0.15, 0.2) is 72.9 Å². The van der Waals surface area contributed by atoms with Crippen LogP contribution in [0.2, 0.25) is 0 Å². The van der Waals surface area contributed by atoms with E-state index in [1.165, 1.54) is 154 Å². The van der Waals surface area contributed by atoms with Gasteiger partial charge in [0.1, 0.15) is 13.2 Å². The Hall–Kier alpha value is -3.15. The maximum atomic E-state index is 12.9. The molecule has 404 valence electrons. The van der Waals surface area contributed by atoms with Crippen LogP contribution in [0.3, 0.4) is 0 Å². The van der Waals surface area contributed by atoms with Gasteiger partial charge in [0, 0.05) is 19.3 Å². The summed E-state index contributed by atoms with van der Waals surface area (Å²) in [5.74, 6) is -0.887. The molecule has 1 unspecified atom stereocenters. The molecule has 0 aromatic rings. The highest BCUT2D eigenvalue weighted by atomic mass is 16.6. The fourth-order valence-corrected chi connectivity index (χ4v) is 8.47. The van der Waals surface area contributed by atoms with Gasteiger partial charge in [0.2, 0.25) is 0 Å². The fraction of sp³-hybridized carbons (Fsp3) is 0.766. The molecule has 1 atom stereocenters. The van der Waals surface area contributed by atoms with Gasteiger partial charge < -0.3 is 14.2 Å². The molecular formula is C64H112O6. The van der Waals surface area contributed by atoms with Crippen LogP contribution in [0.25, 0.3) is 0 Å². The molecule has 0 aliphatic heterocycles. The highest BCUT2D eigenvalue weighted by Gasteiger charge is 2.19. The number of allylic oxidation sites excluding steroid dienone is 12. The third kappa shape index (κ3) is 55.8. The van der Waals surface area contributed by atoms with Crippen molar-refractivity contribution in [3.63, 3.8) is 0 Å². The number of carbonyl (C=O) groups excluding carboxylic acids is 3. The van der Waals surface area contributed by atoms with Gasteiger partial charge >= 0.3 is 17.9 Å². The zero-order valence-corrected chi connectivity index (χ0v) is 46.3. The Morgan fingerprint density at radius 1 is 0.300 bits per heavy atom. The number of rotatable bonds is 54. The smallest absolute Gasteiger partial charge is 0.306 e. The van der Waals surface area contributed by atoms with E-state index < -0.39 is 6.10 Å². The van der Waals surface area contributed by atoms with Gasteiger partial charge in [-0.2, -0.15) is 0 Å². The van der Waals surface area contributed by atoms with Crippen molar-refractivity contribution in [2.45, 2.75) is 303 Å². The molecule has 0 saturated heterocycles. The van der Waals surface area contributed by atoms with Crippen molar-refractivity contribution < 1.29 is 28.6 Å². The zero-order chi connectivity index (χ0) is 50.7. The molecule has 0 rings (SSSR count). The van der Waals surface area contributed by atoms with Crippen LogP contribution in [0.4, 0.5) is 0 Å². The van der Waals surface area contributed by atoms with E-state index in [2.05, 4.69) is 93.7 Å². The zero-order valence-electron chi connectivity index (χ0n) is 46.3. The van der Waals surface area contributed by atoms with Crippen molar-refractivity contribution in [1.82, 2.24) is 0 Å². The van der Waals surface area contributed by atoms with Crippen molar-refractivity contribution in [2.75, 3.05) is 13.2 Å². The van der Waals surface area contributed by atoms with E-state index in [0.29, 0.717) is 19.3 Å². The number of hydrogen-bond donors (Lipinski definition) is 0. The summed E-state index contributed by atoms with van der Waals surface area (Å²) in [7, 11) is 0. The maximum absolute atomic E-state index is 12.9. The number of esters is 3. The van der Waals surface area contributed by atoms with Gasteiger partial charge in [0.05, 0.1) is 0 Å². The molecular weight excluding hydrogens is 865 g/mol. The van der Waals surface area contributed by atoms with Gasteiger partial charge in [-0.25, -0.2) is 0 Å². The molecule has 70 heavy (non-hydrogen) atoms. The molecule has 0 aromatic carbocycles. The summed E-state index contributed by atoms with van der Waals surface area (Å²) >= 11 is 0. The molecule has 0 aliphatic rings. The summed E-state index contributed by atoms with van der Waals surface area (Å²) in [4.78, 5) is 38.1. The summed E-state index contributed by atoms with van der Waals surface area (Å²) in [6, 6.07) is 0. The number of unbranched alkanes of at least 4 members (excludes halogenated alkanes) is 31. The Morgan fingerprint density at radius 2 is 0.557 bits per heavy atom. The van der Waals surface area contributed by atoms with E-state index in [9.17, 15) is 14.4 Å². The molecule has 0 spiro atoms. The second-order valence-corrected chi connectivity index (χ2v) is 19.9. The van der Waals surface area contributed by atoms with Gasteiger partial charge in [-0.15, -0.1) is 0 Å². The van der Waals surface area contributed by atoms with Crippen LogP contribution in [0.1, 0.15) is 297 Å². The van der Waals surface area contributed by atoms with E-state index in [1.54, 1.807) is 0 Å². The molecule has 0 amide bonds. The molecule has 0 saturated carbocycles. The minimum absolute atomic E-state index is 0.0797. The second-order valence-electron chi connectivity index (χ2n) is 19.9. The van der Waals surface area contributed by atoms with Gasteiger partial charge in [-0.3, -0.25) is 14.4 Å². The van der Waals surface area contributed by atoms with Gasteiger partial charge in [0.15, 0.2) is 6.10 Å². The summed E-state index contributed by atoms with van der Waals surface area (Å²) in [5, 5.41) is 0. The monoisotopic (exact) mass is 977 g/mol. The molecule has 0 heterocycles. The normalized spacial score (nSPS) is 12.6. The summed E-state index contributed by atoms with van der Waals surface area (Å²) in [6.45, 7) is 6.52. The average molecular weight is 978 g/mol. The van der Waals surface area contributed by atoms with Crippen LogP contribution in [0.5, 0.6) is 0 Å². The molecule has 6 nitrogen and oxygen atoms in total. The maximum Gasteiger partial charge on any atom is 0.306 e. The van der Waals surface area contributed by atoms with Crippen LogP contribution in [-0.4, -0.2) is 37.2 Å². The number of ether oxygens (including phenoxy) is 3. The van der Waals surface area contributed by atoms with Gasteiger partial charge in [0.25, 0.3) is 0 Å². The Bertz CT molecular complexity index is 1310. The van der Waals surface area contributed by atoms with Crippen molar-refractivity contribution in [3.8, 4) is 0 Å². The van der Waals surface area contributed by atoms with Crippen molar-refractivity contribution in [2.24, 2.45) is 0 Å². The third-order valence-corrected chi connectivity index (χ3v) is 12.9. The Kier molecular flexibility index (Phi) is 55.8. The lowest BCUT2D eigenvalue weighted by Gasteiger charge is -2.18. The summed E-state index contributed by atoms with van der Waals surface area (Å²) < 4.78 is 16.9. The Balaban J connectivity index is 4.29. The third-order valence-electron chi connectivity index (χ3n) is 12.9. The predicted molar refractivity (Wildman–Crippen MR) is 302 cm³/mol. The topological polar surface area (TPSA) is 78.9 Å². The molecule has 0 aliphatic carbocycles. The Labute approximate surface area is 433 Å². The molecule has 0 bridgehead atoms. The predicted octanol–water partition coefficient (Wildman–Crippen LogP) is 20.2. The lowest BCUT2D eigenvalue weighted by atomic mass is 10.0. The SMILES string of the molecule is CC/C=C\C/C=C\C/C=C\C/C=C\CCCCCCCCC(=O)OC(COC(=O)CCCCCCCCCCCC)COC(=O)CCCCCCCCCCCCC/C=C\C/C=C\CCCCCCC. The average Bonchev–Trinajstić information content (AvgIpc) is 3.36. The van der Waals surface area contributed by atoms with Crippen molar-refractivity contribution >= 4 is 17.9 Å². The minimum Gasteiger partial charge on any atom is -0.462 e. The highest BCUT2D eigenvalue weighted by Crippen LogP contribution is 2.16. The van der Waals surface area contributed by atoms with Crippen molar-refractivity contribution in [1.29, 1.82) is 0 Å². The highest BCUT2D eigenvalue weighted by molar-refractivity contribution is 5.71.